The fourth-order valence-corrected chi connectivity index (χ4v) is 2.20. The van der Waals surface area contributed by atoms with Gasteiger partial charge in [-0.15, -0.1) is 0 Å². The molecule has 1 aromatic heterocycles. The number of aryl methyl sites for hydroxylation is 1. The monoisotopic (exact) mass is 271 g/mol. The molecule has 1 atom stereocenters. The fraction of sp³-hybridized carbons (Fsp3) is 0.375. The molecule has 0 aliphatic heterocycles. The predicted molar refractivity (Wildman–Crippen MR) is 82.2 cm³/mol. The minimum atomic E-state index is -0.122. The van der Waals surface area contributed by atoms with E-state index >= 15 is 0 Å². The maximum atomic E-state index is 11.7. The number of nitrogens with zero attached hydrogens (tertiary/aromatic N) is 1. The van der Waals surface area contributed by atoms with Gasteiger partial charge in [0.15, 0.2) is 0 Å². The van der Waals surface area contributed by atoms with Gasteiger partial charge in [0.25, 0.3) is 5.56 Å². The maximum absolute atomic E-state index is 11.7. The quantitative estimate of drug-likeness (QED) is 0.896. The highest BCUT2D eigenvalue weighted by atomic mass is 16.1. The van der Waals surface area contributed by atoms with E-state index in [1.54, 1.807) is 0 Å². The van der Waals surface area contributed by atoms with Crippen LogP contribution in [0.4, 0.5) is 5.82 Å². The number of anilines is 1. The van der Waals surface area contributed by atoms with Gasteiger partial charge in [0.2, 0.25) is 0 Å². The van der Waals surface area contributed by atoms with Crippen molar-refractivity contribution in [1.82, 2.24) is 9.97 Å². The molecule has 0 bridgehead atoms. The van der Waals surface area contributed by atoms with E-state index in [4.69, 9.17) is 0 Å². The number of hydrogen-bond donors (Lipinski definition) is 2. The lowest BCUT2D eigenvalue weighted by atomic mass is 10.0. The van der Waals surface area contributed by atoms with Crippen LogP contribution in [0.3, 0.4) is 0 Å². The first-order valence-electron chi connectivity index (χ1n) is 6.90. The van der Waals surface area contributed by atoms with Crippen molar-refractivity contribution in [2.24, 2.45) is 0 Å². The SMILES string of the molecule is Cc1ccccc1C(C)Nc1cc(=O)[nH]c(C(C)C)n1. The minimum Gasteiger partial charge on any atom is -0.363 e. The molecule has 2 aromatic rings. The first-order valence-corrected chi connectivity index (χ1v) is 6.90. The summed E-state index contributed by atoms with van der Waals surface area (Å²) < 4.78 is 0. The summed E-state index contributed by atoms with van der Waals surface area (Å²) in [6.45, 7) is 8.16. The second-order valence-electron chi connectivity index (χ2n) is 5.39. The van der Waals surface area contributed by atoms with Gasteiger partial charge >= 0.3 is 0 Å². The number of hydrogen-bond acceptors (Lipinski definition) is 3. The third kappa shape index (κ3) is 3.26. The lowest BCUT2D eigenvalue weighted by molar-refractivity contribution is 0.760. The van der Waals surface area contributed by atoms with E-state index < -0.39 is 0 Å². The summed E-state index contributed by atoms with van der Waals surface area (Å²) in [6, 6.07) is 9.81. The van der Waals surface area contributed by atoms with Crippen molar-refractivity contribution in [3.8, 4) is 0 Å². The number of aromatic nitrogens is 2. The highest BCUT2D eigenvalue weighted by Crippen LogP contribution is 2.20. The number of benzene rings is 1. The lowest BCUT2D eigenvalue weighted by Gasteiger charge is -2.17. The number of H-pyrrole nitrogens is 1. The van der Waals surface area contributed by atoms with Crippen LogP contribution in [-0.4, -0.2) is 9.97 Å². The van der Waals surface area contributed by atoms with Gasteiger partial charge in [-0.05, 0) is 25.0 Å². The molecule has 0 aliphatic carbocycles. The van der Waals surface area contributed by atoms with Crippen molar-refractivity contribution >= 4 is 5.82 Å². The molecule has 0 saturated carbocycles. The predicted octanol–water partition coefficient (Wildman–Crippen LogP) is 3.37. The molecule has 20 heavy (non-hydrogen) atoms. The zero-order chi connectivity index (χ0) is 14.7. The first kappa shape index (κ1) is 14.3. The lowest BCUT2D eigenvalue weighted by Crippen LogP contribution is -2.16. The van der Waals surface area contributed by atoms with Gasteiger partial charge in [-0.25, -0.2) is 4.98 Å². The number of rotatable bonds is 4. The molecule has 0 spiro atoms. The molecule has 4 heteroatoms. The van der Waals surface area contributed by atoms with Gasteiger partial charge in [0.1, 0.15) is 11.6 Å². The zero-order valence-corrected chi connectivity index (χ0v) is 12.4. The molecule has 2 N–H and O–H groups in total. The number of aromatic amines is 1. The van der Waals surface area contributed by atoms with Crippen LogP contribution in [0.5, 0.6) is 0 Å². The standard InChI is InChI=1S/C16H21N3O/c1-10(2)16-18-14(9-15(20)19-16)17-12(4)13-8-6-5-7-11(13)3/h5-10,12H,1-4H3,(H2,17,18,19,20). The van der Waals surface area contributed by atoms with Crippen LogP contribution in [0.15, 0.2) is 35.1 Å². The molecule has 106 valence electrons. The molecule has 0 amide bonds. The Balaban J connectivity index is 2.26. The molecular weight excluding hydrogens is 250 g/mol. The Morgan fingerprint density at radius 3 is 2.55 bits per heavy atom. The summed E-state index contributed by atoms with van der Waals surface area (Å²) in [4.78, 5) is 18.9. The van der Waals surface area contributed by atoms with E-state index in [0.29, 0.717) is 11.6 Å². The van der Waals surface area contributed by atoms with E-state index in [9.17, 15) is 4.79 Å². The Labute approximate surface area is 119 Å². The summed E-state index contributed by atoms with van der Waals surface area (Å²) >= 11 is 0. The van der Waals surface area contributed by atoms with Crippen LogP contribution in [-0.2, 0) is 0 Å². The maximum Gasteiger partial charge on any atom is 0.252 e. The largest absolute Gasteiger partial charge is 0.363 e. The Kier molecular flexibility index (Phi) is 4.23. The third-order valence-electron chi connectivity index (χ3n) is 3.33. The van der Waals surface area contributed by atoms with Gasteiger partial charge in [0.05, 0.1) is 6.04 Å². The molecule has 0 saturated heterocycles. The van der Waals surface area contributed by atoms with Crippen molar-refractivity contribution in [3.05, 3.63) is 57.6 Å². The minimum absolute atomic E-state index is 0.102. The smallest absolute Gasteiger partial charge is 0.252 e. The first-order chi connectivity index (χ1) is 9.47. The van der Waals surface area contributed by atoms with Crippen LogP contribution in [0.25, 0.3) is 0 Å². The van der Waals surface area contributed by atoms with Gasteiger partial charge in [-0.1, -0.05) is 38.1 Å². The Morgan fingerprint density at radius 2 is 1.90 bits per heavy atom. The molecule has 0 radical (unpaired) electrons. The number of nitrogens with one attached hydrogen (secondary N) is 2. The highest BCUT2D eigenvalue weighted by Gasteiger charge is 2.10. The average molecular weight is 271 g/mol. The fourth-order valence-electron chi connectivity index (χ4n) is 2.20. The van der Waals surface area contributed by atoms with Crippen molar-refractivity contribution < 1.29 is 0 Å². The summed E-state index contributed by atoms with van der Waals surface area (Å²) in [7, 11) is 0. The molecule has 0 aliphatic rings. The summed E-state index contributed by atoms with van der Waals surface area (Å²) in [5.74, 6) is 1.52. The topological polar surface area (TPSA) is 57.8 Å². The summed E-state index contributed by atoms with van der Waals surface area (Å²) in [5.41, 5.74) is 2.31. The Morgan fingerprint density at radius 1 is 1.20 bits per heavy atom. The van der Waals surface area contributed by atoms with Gasteiger partial charge in [-0.3, -0.25) is 4.79 Å². The Hall–Kier alpha value is -2.10. The summed E-state index contributed by atoms with van der Waals surface area (Å²) in [5, 5.41) is 3.30. The van der Waals surface area contributed by atoms with Crippen LogP contribution in [0, 0.1) is 6.92 Å². The van der Waals surface area contributed by atoms with Crippen molar-refractivity contribution in [2.45, 2.75) is 39.7 Å². The van der Waals surface area contributed by atoms with Crippen LogP contribution >= 0.6 is 0 Å². The van der Waals surface area contributed by atoms with E-state index in [1.807, 2.05) is 26.0 Å². The van der Waals surface area contributed by atoms with Crippen LogP contribution < -0.4 is 10.9 Å². The Bertz CT molecular complexity index is 646. The summed E-state index contributed by atoms with van der Waals surface area (Å²) in [6.07, 6.45) is 0. The van der Waals surface area contributed by atoms with Crippen molar-refractivity contribution in [2.75, 3.05) is 5.32 Å². The van der Waals surface area contributed by atoms with Crippen LogP contribution in [0.1, 0.15) is 49.7 Å². The van der Waals surface area contributed by atoms with E-state index in [0.717, 1.165) is 0 Å². The van der Waals surface area contributed by atoms with E-state index in [-0.39, 0.29) is 17.5 Å². The van der Waals surface area contributed by atoms with Gasteiger partial charge in [-0.2, -0.15) is 0 Å². The second kappa shape index (κ2) is 5.90. The highest BCUT2D eigenvalue weighted by molar-refractivity contribution is 5.39. The zero-order valence-electron chi connectivity index (χ0n) is 12.4. The second-order valence-corrected chi connectivity index (χ2v) is 5.39. The van der Waals surface area contributed by atoms with Crippen molar-refractivity contribution in [3.63, 3.8) is 0 Å². The molecule has 1 aromatic carbocycles. The molecule has 0 fully saturated rings. The van der Waals surface area contributed by atoms with Gasteiger partial charge < -0.3 is 10.3 Å². The normalized spacial score (nSPS) is 12.4. The van der Waals surface area contributed by atoms with Crippen molar-refractivity contribution in [1.29, 1.82) is 0 Å². The van der Waals surface area contributed by atoms with Gasteiger partial charge in [0, 0.05) is 12.0 Å². The molecule has 1 heterocycles. The van der Waals surface area contributed by atoms with E-state index in [1.165, 1.54) is 17.2 Å². The van der Waals surface area contributed by atoms with E-state index in [2.05, 4.69) is 41.3 Å². The molecule has 2 rings (SSSR count). The molecule has 4 nitrogen and oxygen atoms in total. The molecule has 1 unspecified atom stereocenters. The average Bonchev–Trinajstić information content (AvgIpc) is 2.38. The molecular formula is C16H21N3O. The third-order valence-corrected chi connectivity index (χ3v) is 3.33. The van der Waals surface area contributed by atoms with Crippen LogP contribution in [0.2, 0.25) is 0 Å².